The van der Waals surface area contributed by atoms with Crippen LogP contribution in [-0.2, 0) is 0 Å². The Balaban J connectivity index is 0.00000196. The van der Waals surface area contributed by atoms with Gasteiger partial charge in [0.15, 0.2) is 0 Å². The van der Waals surface area contributed by atoms with Crippen LogP contribution in [0.4, 0.5) is 4.39 Å². The van der Waals surface area contributed by atoms with Gasteiger partial charge in [0.2, 0.25) is 0 Å². The summed E-state index contributed by atoms with van der Waals surface area (Å²) in [4.78, 5) is 0. The molecule has 3 heteroatoms. The Morgan fingerprint density at radius 3 is 2.53 bits per heavy atom. The van der Waals surface area contributed by atoms with Crippen molar-refractivity contribution in [2.45, 2.75) is 33.2 Å². The summed E-state index contributed by atoms with van der Waals surface area (Å²) in [6, 6.07) is 5.05. The molecule has 0 aliphatic carbocycles. The molecule has 0 saturated heterocycles. The van der Waals surface area contributed by atoms with Crippen molar-refractivity contribution in [1.29, 1.82) is 0 Å². The first-order valence-electron chi connectivity index (χ1n) is 5.08. The summed E-state index contributed by atoms with van der Waals surface area (Å²) < 4.78 is 13.3. The van der Waals surface area contributed by atoms with E-state index in [1.807, 2.05) is 6.07 Å². The minimum atomic E-state index is -0.166. The molecule has 86 valence electrons. The van der Waals surface area contributed by atoms with Gasteiger partial charge in [-0.15, -0.1) is 12.4 Å². The average Bonchev–Trinajstić information content (AvgIpc) is 2.20. The van der Waals surface area contributed by atoms with Crippen LogP contribution in [0.5, 0.6) is 0 Å². The quantitative estimate of drug-likeness (QED) is 0.845. The second kappa shape index (κ2) is 6.09. The number of nitrogens with two attached hydrogens (primary N) is 1. The Kier molecular flexibility index (Phi) is 5.84. The molecule has 0 aliphatic rings. The molecule has 0 aromatic heterocycles. The van der Waals surface area contributed by atoms with Crippen LogP contribution in [0.1, 0.15) is 37.4 Å². The molecule has 0 bridgehead atoms. The van der Waals surface area contributed by atoms with Crippen LogP contribution >= 0.6 is 12.4 Å². The molecule has 0 saturated carbocycles. The highest BCUT2D eigenvalue weighted by molar-refractivity contribution is 5.85. The van der Waals surface area contributed by atoms with Gasteiger partial charge in [-0.3, -0.25) is 0 Å². The van der Waals surface area contributed by atoms with Crippen LogP contribution in [-0.4, -0.2) is 0 Å². The lowest BCUT2D eigenvalue weighted by Crippen LogP contribution is -2.19. The van der Waals surface area contributed by atoms with Gasteiger partial charge in [-0.05, 0) is 30.0 Å². The lowest BCUT2D eigenvalue weighted by atomic mass is 9.90. The van der Waals surface area contributed by atoms with Gasteiger partial charge in [-0.1, -0.05) is 32.4 Å². The monoisotopic (exact) mass is 231 g/mol. The Labute approximate surface area is 97.3 Å². The standard InChI is InChI=1S/C12H18FN.ClH/c1-4-8(2)12(14)10-6-5-7-11(13)9(10)3;/h5-8,12H,4,14H2,1-3H3;1H/t8?,12-;/m0./s1. The number of halogens is 2. The second-order valence-electron chi connectivity index (χ2n) is 3.87. The molecule has 0 radical (unpaired) electrons. The normalized spacial score (nSPS) is 14.2. The molecular weight excluding hydrogens is 213 g/mol. The maximum absolute atomic E-state index is 13.3. The fraction of sp³-hybridized carbons (Fsp3) is 0.500. The van der Waals surface area contributed by atoms with Crippen molar-refractivity contribution < 1.29 is 4.39 Å². The Morgan fingerprint density at radius 1 is 1.40 bits per heavy atom. The van der Waals surface area contributed by atoms with Crippen LogP contribution in [0.15, 0.2) is 18.2 Å². The molecule has 1 aromatic rings. The molecule has 0 spiro atoms. The van der Waals surface area contributed by atoms with E-state index in [1.165, 1.54) is 6.07 Å². The summed E-state index contributed by atoms with van der Waals surface area (Å²) in [5, 5.41) is 0. The number of hydrogen-bond acceptors (Lipinski definition) is 1. The zero-order valence-corrected chi connectivity index (χ0v) is 10.3. The zero-order chi connectivity index (χ0) is 10.7. The van der Waals surface area contributed by atoms with Gasteiger partial charge in [0.1, 0.15) is 5.82 Å². The Bertz CT molecular complexity index is 314. The third-order valence-corrected chi connectivity index (χ3v) is 2.93. The Morgan fingerprint density at radius 2 is 2.00 bits per heavy atom. The molecule has 0 fully saturated rings. The maximum Gasteiger partial charge on any atom is 0.126 e. The summed E-state index contributed by atoms with van der Waals surface area (Å²) in [5.74, 6) is 0.219. The predicted molar refractivity (Wildman–Crippen MR) is 64.8 cm³/mol. The van der Waals surface area contributed by atoms with Gasteiger partial charge in [-0.25, -0.2) is 4.39 Å². The van der Waals surface area contributed by atoms with Crippen LogP contribution < -0.4 is 5.73 Å². The largest absolute Gasteiger partial charge is 0.324 e. The molecule has 0 amide bonds. The van der Waals surface area contributed by atoms with E-state index in [4.69, 9.17) is 5.73 Å². The van der Waals surface area contributed by atoms with Crippen molar-refractivity contribution in [3.05, 3.63) is 35.1 Å². The number of rotatable bonds is 3. The SMILES string of the molecule is CCC(C)[C@H](N)c1cccc(F)c1C.Cl. The van der Waals surface area contributed by atoms with E-state index in [0.29, 0.717) is 11.5 Å². The van der Waals surface area contributed by atoms with Crippen LogP contribution in [0.3, 0.4) is 0 Å². The van der Waals surface area contributed by atoms with Crippen LogP contribution in [0.2, 0.25) is 0 Å². The highest BCUT2D eigenvalue weighted by Gasteiger charge is 2.16. The summed E-state index contributed by atoms with van der Waals surface area (Å²) in [6.45, 7) is 5.97. The van der Waals surface area contributed by atoms with Crippen molar-refractivity contribution in [3.63, 3.8) is 0 Å². The summed E-state index contributed by atoms with van der Waals surface area (Å²) in [5.41, 5.74) is 7.66. The topological polar surface area (TPSA) is 26.0 Å². The van der Waals surface area contributed by atoms with E-state index >= 15 is 0 Å². The van der Waals surface area contributed by atoms with E-state index in [0.717, 1.165) is 12.0 Å². The van der Waals surface area contributed by atoms with E-state index in [1.54, 1.807) is 13.0 Å². The van der Waals surface area contributed by atoms with Gasteiger partial charge in [-0.2, -0.15) is 0 Å². The molecular formula is C12H19ClFN. The van der Waals surface area contributed by atoms with Gasteiger partial charge >= 0.3 is 0 Å². The minimum absolute atomic E-state index is 0. The van der Waals surface area contributed by atoms with Gasteiger partial charge < -0.3 is 5.73 Å². The van der Waals surface area contributed by atoms with Crippen molar-refractivity contribution >= 4 is 12.4 Å². The lowest BCUT2D eigenvalue weighted by molar-refractivity contribution is 0.452. The third kappa shape index (κ3) is 3.18. The highest BCUT2D eigenvalue weighted by Crippen LogP contribution is 2.25. The number of benzene rings is 1. The van der Waals surface area contributed by atoms with Crippen LogP contribution in [0.25, 0.3) is 0 Å². The molecule has 0 heterocycles. The van der Waals surface area contributed by atoms with Crippen molar-refractivity contribution in [3.8, 4) is 0 Å². The molecule has 1 rings (SSSR count). The first kappa shape index (κ1) is 14.4. The minimum Gasteiger partial charge on any atom is -0.324 e. The predicted octanol–water partition coefficient (Wildman–Crippen LogP) is 3.60. The lowest BCUT2D eigenvalue weighted by Gasteiger charge is -2.20. The number of hydrogen-bond donors (Lipinski definition) is 1. The van der Waals surface area contributed by atoms with Crippen molar-refractivity contribution in [1.82, 2.24) is 0 Å². The first-order valence-corrected chi connectivity index (χ1v) is 5.08. The average molecular weight is 232 g/mol. The van der Waals surface area contributed by atoms with Gasteiger partial charge in [0, 0.05) is 6.04 Å². The first-order chi connectivity index (χ1) is 6.57. The second-order valence-corrected chi connectivity index (χ2v) is 3.87. The van der Waals surface area contributed by atoms with Crippen molar-refractivity contribution in [2.75, 3.05) is 0 Å². The molecule has 15 heavy (non-hydrogen) atoms. The van der Waals surface area contributed by atoms with E-state index in [-0.39, 0.29) is 24.3 Å². The van der Waals surface area contributed by atoms with E-state index in [2.05, 4.69) is 13.8 Å². The highest BCUT2D eigenvalue weighted by atomic mass is 35.5. The smallest absolute Gasteiger partial charge is 0.126 e. The zero-order valence-electron chi connectivity index (χ0n) is 9.46. The molecule has 2 atom stereocenters. The fourth-order valence-electron chi connectivity index (χ4n) is 1.55. The molecule has 1 unspecified atom stereocenters. The van der Waals surface area contributed by atoms with Gasteiger partial charge in [0.25, 0.3) is 0 Å². The molecule has 1 nitrogen and oxygen atoms in total. The van der Waals surface area contributed by atoms with Crippen molar-refractivity contribution in [2.24, 2.45) is 11.7 Å². The van der Waals surface area contributed by atoms with Crippen LogP contribution in [0, 0.1) is 18.7 Å². The fourth-order valence-corrected chi connectivity index (χ4v) is 1.55. The maximum atomic E-state index is 13.3. The molecule has 0 aliphatic heterocycles. The molecule has 2 N–H and O–H groups in total. The molecule has 1 aromatic carbocycles. The van der Waals surface area contributed by atoms with Gasteiger partial charge in [0.05, 0.1) is 0 Å². The third-order valence-electron chi connectivity index (χ3n) is 2.93. The summed E-state index contributed by atoms with van der Waals surface area (Å²) >= 11 is 0. The summed E-state index contributed by atoms with van der Waals surface area (Å²) in [6.07, 6.45) is 1.01. The van der Waals surface area contributed by atoms with E-state index in [9.17, 15) is 4.39 Å². The van der Waals surface area contributed by atoms with E-state index < -0.39 is 0 Å². The Hall–Kier alpha value is -0.600. The summed E-state index contributed by atoms with van der Waals surface area (Å²) in [7, 11) is 0.